The molecule has 0 spiro atoms. The van der Waals surface area contributed by atoms with Crippen LogP contribution < -0.4 is 0 Å². The summed E-state index contributed by atoms with van der Waals surface area (Å²) >= 11 is 2.86. The minimum atomic E-state index is -2.60. The molecule has 0 atom stereocenters. The Morgan fingerprint density at radius 3 is 2.67 bits per heavy atom. The van der Waals surface area contributed by atoms with E-state index in [0.717, 1.165) is 6.07 Å². The normalized spacial score (nSPS) is 10.8. The van der Waals surface area contributed by atoms with Gasteiger partial charge in [-0.15, -0.1) is 0 Å². The summed E-state index contributed by atoms with van der Waals surface area (Å²) in [7, 11) is 0. The first-order chi connectivity index (χ1) is 5.66. The maximum Gasteiger partial charge on any atom is 0.265 e. The van der Waals surface area contributed by atoms with Gasteiger partial charge in [-0.2, -0.15) is 0 Å². The van der Waals surface area contributed by atoms with Gasteiger partial charge in [0.05, 0.1) is 10.2 Å². The van der Waals surface area contributed by atoms with Crippen molar-refractivity contribution in [3.63, 3.8) is 0 Å². The molecule has 0 aromatic carbocycles. The number of halogens is 4. The monoisotopic (exact) mass is 239 g/mol. The van der Waals surface area contributed by atoms with Gasteiger partial charge < -0.3 is 0 Å². The van der Waals surface area contributed by atoms with E-state index >= 15 is 0 Å². The molecule has 0 amide bonds. The molecule has 1 aromatic heterocycles. The molecule has 66 valence electrons. The fourth-order valence-corrected chi connectivity index (χ4v) is 1.28. The minimum Gasteiger partial charge on any atom is -0.257 e. The summed E-state index contributed by atoms with van der Waals surface area (Å²) in [5, 5.41) is 0. The molecule has 0 aliphatic carbocycles. The first kappa shape index (κ1) is 9.51. The first-order valence-corrected chi connectivity index (χ1v) is 3.93. The van der Waals surface area contributed by atoms with E-state index in [1.54, 1.807) is 0 Å². The topological polar surface area (TPSA) is 12.9 Å². The van der Waals surface area contributed by atoms with Gasteiger partial charge in [0.25, 0.3) is 6.43 Å². The second kappa shape index (κ2) is 3.89. The van der Waals surface area contributed by atoms with Crippen LogP contribution in [0.1, 0.15) is 17.7 Å². The molecular weight excluding hydrogens is 235 g/mol. The highest BCUT2D eigenvalue weighted by atomic mass is 79.9. The highest BCUT2D eigenvalue weighted by Crippen LogP contribution is 2.28. The SMILES string of the molecule is FCc1nccc(C(F)F)c1Br. The number of aromatic nitrogens is 1. The summed E-state index contributed by atoms with van der Waals surface area (Å²) in [6.45, 7) is -0.846. The quantitative estimate of drug-likeness (QED) is 0.773. The van der Waals surface area contributed by atoms with E-state index in [2.05, 4.69) is 20.9 Å². The fourth-order valence-electron chi connectivity index (χ4n) is 0.766. The van der Waals surface area contributed by atoms with Crippen LogP contribution >= 0.6 is 15.9 Å². The van der Waals surface area contributed by atoms with Gasteiger partial charge in [-0.05, 0) is 22.0 Å². The van der Waals surface area contributed by atoms with E-state index in [4.69, 9.17) is 0 Å². The minimum absolute atomic E-state index is 0.00722. The van der Waals surface area contributed by atoms with Crippen molar-refractivity contribution in [1.29, 1.82) is 0 Å². The lowest BCUT2D eigenvalue weighted by Crippen LogP contribution is -1.93. The van der Waals surface area contributed by atoms with Crippen molar-refractivity contribution in [2.24, 2.45) is 0 Å². The lowest BCUT2D eigenvalue weighted by molar-refractivity contribution is 0.150. The lowest BCUT2D eigenvalue weighted by atomic mass is 10.2. The molecule has 1 heterocycles. The zero-order chi connectivity index (χ0) is 9.14. The van der Waals surface area contributed by atoms with Crippen molar-refractivity contribution in [2.45, 2.75) is 13.1 Å². The summed E-state index contributed by atoms with van der Waals surface area (Å²) < 4.78 is 36.5. The average Bonchev–Trinajstić information content (AvgIpc) is 2.04. The molecular formula is C7H5BrF3N. The Balaban J connectivity index is 3.14. The zero-order valence-corrected chi connectivity index (χ0v) is 7.48. The molecule has 0 aliphatic heterocycles. The zero-order valence-electron chi connectivity index (χ0n) is 5.90. The van der Waals surface area contributed by atoms with Gasteiger partial charge in [-0.1, -0.05) is 0 Å². The van der Waals surface area contributed by atoms with Gasteiger partial charge >= 0.3 is 0 Å². The predicted molar refractivity (Wildman–Crippen MR) is 41.7 cm³/mol. The molecule has 1 nitrogen and oxygen atoms in total. The van der Waals surface area contributed by atoms with E-state index in [9.17, 15) is 13.2 Å². The van der Waals surface area contributed by atoms with Crippen molar-refractivity contribution in [1.82, 2.24) is 4.98 Å². The molecule has 0 N–H and O–H groups in total. The van der Waals surface area contributed by atoms with E-state index in [0.29, 0.717) is 0 Å². The Bertz CT molecular complexity index is 277. The summed E-state index contributed by atoms with van der Waals surface area (Å²) in [5.41, 5.74) is -0.217. The molecule has 0 bridgehead atoms. The maximum atomic E-state index is 12.2. The first-order valence-electron chi connectivity index (χ1n) is 3.14. The van der Waals surface area contributed by atoms with Crippen LogP contribution in [0.15, 0.2) is 16.7 Å². The summed E-state index contributed by atoms with van der Waals surface area (Å²) in [5.74, 6) is 0. The van der Waals surface area contributed by atoms with Gasteiger partial charge in [0.15, 0.2) is 0 Å². The standard InChI is InChI=1S/C7H5BrF3N/c8-6-4(7(10)11)1-2-12-5(6)3-9/h1-2,7H,3H2. The van der Waals surface area contributed by atoms with Crippen LogP contribution in [0, 0.1) is 0 Å². The van der Waals surface area contributed by atoms with Gasteiger partial charge in [0.2, 0.25) is 0 Å². The Labute approximate surface area is 75.7 Å². The number of pyridine rings is 1. The molecule has 0 radical (unpaired) electrons. The third-order valence-electron chi connectivity index (χ3n) is 1.35. The van der Waals surface area contributed by atoms with Crippen LogP contribution in [0.5, 0.6) is 0 Å². The number of hydrogen-bond donors (Lipinski definition) is 0. The van der Waals surface area contributed by atoms with Crippen LogP contribution in [-0.4, -0.2) is 4.98 Å². The van der Waals surface area contributed by atoms with Gasteiger partial charge in [-0.25, -0.2) is 13.2 Å². The molecule has 0 unspecified atom stereocenters. The fraction of sp³-hybridized carbons (Fsp3) is 0.286. The summed E-state index contributed by atoms with van der Waals surface area (Å²) in [6, 6.07) is 1.16. The predicted octanol–water partition coefficient (Wildman–Crippen LogP) is 3.25. The molecule has 12 heavy (non-hydrogen) atoms. The summed E-state index contributed by atoms with van der Waals surface area (Å²) in [4.78, 5) is 3.58. The molecule has 5 heteroatoms. The second-order valence-corrected chi connectivity index (χ2v) is 2.89. The largest absolute Gasteiger partial charge is 0.265 e. The van der Waals surface area contributed by atoms with Crippen LogP contribution in [0.4, 0.5) is 13.2 Å². The molecule has 0 aliphatic rings. The van der Waals surface area contributed by atoms with Crippen molar-refractivity contribution >= 4 is 15.9 Å². The molecule has 0 saturated heterocycles. The number of alkyl halides is 3. The van der Waals surface area contributed by atoms with E-state index < -0.39 is 13.1 Å². The highest BCUT2D eigenvalue weighted by Gasteiger charge is 2.14. The van der Waals surface area contributed by atoms with Gasteiger partial charge in [0.1, 0.15) is 6.67 Å². The molecule has 1 aromatic rings. The second-order valence-electron chi connectivity index (χ2n) is 2.10. The van der Waals surface area contributed by atoms with Crippen molar-refractivity contribution in [2.75, 3.05) is 0 Å². The maximum absolute atomic E-state index is 12.2. The van der Waals surface area contributed by atoms with Crippen LogP contribution in [0.3, 0.4) is 0 Å². The molecule has 1 rings (SSSR count). The number of rotatable bonds is 2. The van der Waals surface area contributed by atoms with Crippen LogP contribution in [-0.2, 0) is 6.67 Å². The Kier molecular flexibility index (Phi) is 3.08. The van der Waals surface area contributed by atoms with E-state index in [-0.39, 0.29) is 15.7 Å². The molecule has 0 saturated carbocycles. The van der Waals surface area contributed by atoms with Crippen LogP contribution in [0.2, 0.25) is 0 Å². The van der Waals surface area contributed by atoms with Crippen molar-refractivity contribution in [3.8, 4) is 0 Å². The van der Waals surface area contributed by atoms with E-state index in [1.807, 2.05) is 0 Å². The molecule has 0 fully saturated rings. The van der Waals surface area contributed by atoms with Crippen molar-refractivity contribution in [3.05, 3.63) is 28.0 Å². The van der Waals surface area contributed by atoms with Crippen LogP contribution in [0.25, 0.3) is 0 Å². The van der Waals surface area contributed by atoms with E-state index in [1.165, 1.54) is 6.20 Å². The average molecular weight is 240 g/mol. The smallest absolute Gasteiger partial charge is 0.257 e. The summed E-state index contributed by atoms with van der Waals surface area (Å²) in [6.07, 6.45) is -1.44. The van der Waals surface area contributed by atoms with Gasteiger partial charge in [0, 0.05) is 11.8 Å². The third-order valence-corrected chi connectivity index (χ3v) is 2.27. The third kappa shape index (κ3) is 1.77. The van der Waals surface area contributed by atoms with Gasteiger partial charge in [-0.3, -0.25) is 4.98 Å². The lowest BCUT2D eigenvalue weighted by Gasteiger charge is -2.04. The Hall–Kier alpha value is -0.580. The Morgan fingerprint density at radius 1 is 1.50 bits per heavy atom. The van der Waals surface area contributed by atoms with Crippen molar-refractivity contribution < 1.29 is 13.2 Å². The number of hydrogen-bond acceptors (Lipinski definition) is 1. The number of nitrogens with zero attached hydrogens (tertiary/aromatic N) is 1. The highest BCUT2D eigenvalue weighted by molar-refractivity contribution is 9.10. The Morgan fingerprint density at radius 2 is 2.17 bits per heavy atom.